The molecule has 1 aromatic heterocycles. The number of hydrogen-bond donors (Lipinski definition) is 2. The van der Waals surface area contributed by atoms with E-state index in [1.54, 1.807) is 11.9 Å². The quantitative estimate of drug-likeness (QED) is 0.557. The van der Waals surface area contributed by atoms with Crippen molar-refractivity contribution in [2.45, 2.75) is 58.4 Å². The van der Waals surface area contributed by atoms with Crippen molar-refractivity contribution in [1.82, 2.24) is 10.2 Å². The maximum atomic E-state index is 12.5. The molecule has 7 nitrogen and oxygen atoms in total. The zero-order valence-electron chi connectivity index (χ0n) is 17.4. The van der Waals surface area contributed by atoms with Crippen LogP contribution < -0.4 is 10.6 Å². The number of hydrogen-bond acceptors (Lipinski definition) is 6. The van der Waals surface area contributed by atoms with Gasteiger partial charge >= 0.3 is 5.97 Å². The number of carbonyl (C=O) groups excluding carboxylic acids is 3. The van der Waals surface area contributed by atoms with Crippen molar-refractivity contribution in [3.8, 4) is 0 Å². The lowest BCUT2D eigenvalue weighted by Crippen LogP contribution is -2.46. The van der Waals surface area contributed by atoms with Gasteiger partial charge in [-0.1, -0.05) is 6.42 Å². The van der Waals surface area contributed by atoms with E-state index >= 15 is 0 Å². The topological polar surface area (TPSA) is 87.7 Å². The minimum absolute atomic E-state index is 0.0563. The predicted octanol–water partition coefficient (Wildman–Crippen LogP) is 2.59. The average Bonchev–Trinajstić information content (AvgIpc) is 2.73. The Labute approximate surface area is 170 Å². The number of nitrogens with one attached hydrogen (secondary N) is 2. The number of anilines is 1. The second kappa shape index (κ2) is 9.52. The summed E-state index contributed by atoms with van der Waals surface area (Å²) in [5, 5.41) is 6.29. The lowest BCUT2D eigenvalue weighted by atomic mass is 10.1. The number of carbonyl (C=O) groups is 3. The van der Waals surface area contributed by atoms with Gasteiger partial charge in [-0.2, -0.15) is 0 Å². The van der Waals surface area contributed by atoms with E-state index in [1.807, 2.05) is 20.8 Å². The molecule has 0 spiro atoms. The summed E-state index contributed by atoms with van der Waals surface area (Å²) < 4.78 is 4.96. The van der Waals surface area contributed by atoms with Crippen molar-refractivity contribution < 1.29 is 19.1 Å². The van der Waals surface area contributed by atoms with Gasteiger partial charge in [-0.25, -0.2) is 4.79 Å². The number of likely N-dealkylation sites (N-methyl/N-ethyl adjacent to an activating group) is 1. The van der Waals surface area contributed by atoms with E-state index in [0.717, 1.165) is 42.5 Å². The van der Waals surface area contributed by atoms with E-state index in [0.29, 0.717) is 10.6 Å². The summed E-state index contributed by atoms with van der Waals surface area (Å²) in [6.07, 6.45) is 5.02. The van der Waals surface area contributed by atoms with Crippen LogP contribution in [-0.4, -0.2) is 55.5 Å². The monoisotopic (exact) mass is 409 g/mol. The first kappa shape index (κ1) is 22.4. The highest BCUT2D eigenvalue weighted by molar-refractivity contribution is 7.17. The molecule has 0 aromatic carbocycles. The molecule has 8 heteroatoms. The number of nitrogens with zero attached hydrogens (tertiary/aromatic N) is 1. The van der Waals surface area contributed by atoms with Crippen molar-refractivity contribution in [1.29, 1.82) is 0 Å². The molecular weight excluding hydrogens is 378 g/mol. The van der Waals surface area contributed by atoms with Crippen LogP contribution in [0, 0.1) is 0 Å². The number of amides is 2. The third-order valence-electron chi connectivity index (χ3n) is 4.41. The van der Waals surface area contributed by atoms with Crippen LogP contribution in [0.3, 0.4) is 0 Å². The maximum Gasteiger partial charge on any atom is 0.341 e. The Morgan fingerprint density at radius 1 is 1.07 bits per heavy atom. The summed E-state index contributed by atoms with van der Waals surface area (Å²) >= 11 is 1.47. The summed E-state index contributed by atoms with van der Waals surface area (Å²) in [7, 11) is 3.07. The fourth-order valence-electron chi connectivity index (χ4n) is 3.32. The minimum atomic E-state index is -0.410. The Hall–Kier alpha value is -1.93. The Morgan fingerprint density at radius 3 is 2.36 bits per heavy atom. The Kier molecular flexibility index (Phi) is 7.60. The first-order chi connectivity index (χ1) is 13.1. The molecule has 0 unspecified atom stereocenters. The zero-order valence-corrected chi connectivity index (χ0v) is 18.3. The molecule has 0 radical (unpaired) electrons. The fraction of sp³-hybridized carbons (Fsp3) is 0.650. The highest BCUT2D eigenvalue weighted by Crippen LogP contribution is 2.37. The molecule has 0 aliphatic heterocycles. The number of aryl methyl sites for hydroxylation is 1. The molecule has 0 bridgehead atoms. The number of ether oxygens (including phenoxy) is 1. The third kappa shape index (κ3) is 6.31. The molecule has 156 valence electrons. The zero-order chi connectivity index (χ0) is 20.9. The van der Waals surface area contributed by atoms with Gasteiger partial charge in [0.05, 0.1) is 25.8 Å². The molecule has 1 aliphatic carbocycles. The van der Waals surface area contributed by atoms with Gasteiger partial charge in [-0.05, 0) is 59.1 Å². The van der Waals surface area contributed by atoms with E-state index in [9.17, 15) is 14.4 Å². The number of rotatable bonds is 6. The van der Waals surface area contributed by atoms with Crippen LogP contribution in [0.15, 0.2) is 0 Å². The lowest BCUT2D eigenvalue weighted by molar-refractivity contribution is -0.124. The van der Waals surface area contributed by atoms with Crippen LogP contribution in [-0.2, 0) is 27.2 Å². The molecule has 0 atom stereocenters. The second-order valence-corrected chi connectivity index (χ2v) is 9.38. The molecule has 2 rings (SSSR count). The molecule has 2 amide bonds. The molecule has 0 saturated carbocycles. The molecule has 2 N–H and O–H groups in total. The molecule has 28 heavy (non-hydrogen) atoms. The van der Waals surface area contributed by atoms with Crippen molar-refractivity contribution in [2.24, 2.45) is 0 Å². The van der Waals surface area contributed by atoms with Crippen LogP contribution in [0.5, 0.6) is 0 Å². The van der Waals surface area contributed by atoms with E-state index in [2.05, 4.69) is 10.6 Å². The minimum Gasteiger partial charge on any atom is -0.465 e. The van der Waals surface area contributed by atoms with Crippen LogP contribution in [0.1, 0.15) is 60.8 Å². The van der Waals surface area contributed by atoms with Crippen LogP contribution in [0.2, 0.25) is 0 Å². The van der Waals surface area contributed by atoms with Crippen LogP contribution in [0.4, 0.5) is 5.00 Å². The molecule has 1 aliphatic rings. The van der Waals surface area contributed by atoms with E-state index < -0.39 is 5.97 Å². The van der Waals surface area contributed by atoms with E-state index in [4.69, 9.17) is 4.74 Å². The van der Waals surface area contributed by atoms with E-state index in [-0.39, 0.29) is 30.4 Å². The second-order valence-electron chi connectivity index (χ2n) is 8.28. The Morgan fingerprint density at radius 2 is 1.71 bits per heavy atom. The highest BCUT2D eigenvalue weighted by Gasteiger charge is 2.26. The summed E-state index contributed by atoms with van der Waals surface area (Å²) in [4.78, 5) is 39.7. The van der Waals surface area contributed by atoms with Gasteiger partial charge in [0.15, 0.2) is 0 Å². The van der Waals surface area contributed by atoms with Crippen LogP contribution >= 0.6 is 11.3 Å². The van der Waals surface area contributed by atoms with Crippen molar-refractivity contribution in [3.63, 3.8) is 0 Å². The number of thiophene rings is 1. The third-order valence-corrected chi connectivity index (χ3v) is 5.61. The molecule has 0 saturated heterocycles. The standard InChI is InChI=1S/C20H31N3O4S/c1-20(2,3)22-16(25)12-23(4)11-15(24)21-18-17(19(26)27-5)13-9-7-6-8-10-14(13)28-18/h6-12H2,1-5H3,(H,21,24)(H,22,25). The Balaban J connectivity index is 2.05. The van der Waals surface area contributed by atoms with Crippen molar-refractivity contribution in [3.05, 3.63) is 16.0 Å². The fourth-order valence-corrected chi connectivity index (χ4v) is 4.61. The summed E-state index contributed by atoms with van der Waals surface area (Å²) in [5.74, 6) is -0.805. The largest absolute Gasteiger partial charge is 0.465 e. The lowest BCUT2D eigenvalue weighted by Gasteiger charge is -2.23. The maximum absolute atomic E-state index is 12.5. The normalized spacial score (nSPS) is 14.2. The van der Waals surface area contributed by atoms with Gasteiger partial charge in [0.2, 0.25) is 11.8 Å². The van der Waals surface area contributed by atoms with E-state index in [1.165, 1.54) is 18.4 Å². The molecule has 0 fully saturated rings. The summed E-state index contributed by atoms with van der Waals surface area (Å²) in [6, 6.07) is 0. The smallest absolute Gasteiger partial charge is 0.341 e. The van der Waals surface area contributed by atoms with Crippen LogP contribution in [0.25, 0.3) is 0 Å². The number of esters is 1. The first-order valence-electron chi connectivity index (χ1n) is 9.63. The summed E-state index contributed by atoms with van der Waals surface area (Å²) in [5.41, 5.74) is 1.19. The van der Waals surface area contributed by atoms with Gasteiger partial charge in [0.1, 0.15) is 5.00 Å². The Bertz CT molecular complexity index is 737. The number of fused-ring (bicyclic) bond motifs is 1. The molecule has 1 aromatic rings. The molecule has 1 heterocycles. The van der Waals surface area contributed by atoms with Gasteiger partial charge in [-0.15, -0.1) is 11.3 Å². The summed E-state index contributed by atoms with van der Waals surface area (Å²) in [6.45, 7) is 5.91. The van der Waals surface area contributed by atoms with Crippen molar-refractivity contribution in [2.75, 3.05) is 32.6 Å². The van der Waals surface area contributed by atoms with Gasteiger partial charge in [0, 0.05) is 10.4 Å². The van der Waals surface area contributed by atoms with Gasteiger partial charge < -0.3 is 15.4 Å². The first-order valence-corrected chi connectivity index (χ1v) is 10.4. The van der Waals surface area contributed by atoms with Gasteiger partial charge in [0.25, 0.3) is 0 Å². The predicted molar refractivity (Wildman–Crippen MR) is 111 cm³/mol. The average molecular weight is 410 g/mol. The molecular formula is C20H31N3O4S. The van der Waals surface area contributed by atoms with Crippen molar-refractivity contribution >= 4 is 34.1 Å². The number of methoxy groups -OCH3 is 1. The highest BCUT2D eigenvalue weighted by atomic mass is 32.1. The van der Waals surface area contributed by atoms with Gasteiger partial charge in [-0.3, -0.25) is 14.5 Å². The SMILES string of the molecule is COC(=O)c1c(NC(=O)CN(C)CC(=O)NC(C)(C)C)sc2c1CCCCC2.